The van der Waals surface area contributed by atoms with Crippen LogP contribution in [0, 0.1) is 0 Å². The molecule has 0 unspecified atom stereocenters. The van der Waals surface area contributed by atoms with Crippen LogP contribution < -0.4 is 10.1 Å². The number of aliphatic hydroxyl groups excluding tert-OH is 1. The lowest BCUT2D eigenvalue weighted by molar-refractivity contribution is -0.124. The first-order chi connectivity index (χ1) is 9.20. The lowest BCUT2D eigenvalue weighted by Gasteiger charge is -2.43. The van der Waals surface area contributed by atoms with Gasteiger partial charge in [0.25, 0.3) is 0 Å². The predicted octanol–water partition coefficient (Wildman–Crippen LogP) is 1.96. The van der Waals surface area contributed by atoms with Crippen molar-refractivity contribution in [3.8, 4) is 5.75 Å². The van der Waals surface area contributed by atoms with Gasteiger partial charge in [-0.1, -0.05) is 12.1 Å². The zero-order chi connectivity index (χ0) is 13.7. The van der Waals surface area contributed by atoms with Crippen LogP contribution in [0.3, 0.4) is 0 Å². The maximum absolute atomic E-state index is 11.9. The van der Waals surface area contributed by atoms with E-state index < -0.39 is 0 Å². The van der Waals surface area contributed by atoms with Gasteiger partial charge in [0.1, 0.15) is 5.75 Å². The highest BCUT2D eigenvalue weighted by molar-refractivity contribution is 5.77. The van der Waals surface area contributed by atoms with Crippen LogP contribution in [-0.2, 0) is 10.3 Å². The lowest BCUT2D eigenvalue weighted by atomic mass is 9.71. The topological polar surface area (TPSA) is 58.6 Å². The number of ether oxygens (including phenoxy) is 1. The molecule has 1 saturated carbocycles. The molecule has 0 heterocycles. The minimum absolute atomic E-state index is 0.0181. The van der Waals surface area contributed by atoms with Crippen molar-refractivity contribution in [3.63, 3.8) is 0 Å². The van der Waals surface area contributed by atoms with E-state index in [0.29, 0.717) is 12.8 Å². The first-order valence-corrected chi connectivity index (χ1v) is 6.76. The molecular weight excluding hydrogens is 242 g/mol. The van der Waals surface area contributed by atoms with Crippen molar-refractivity contribution in [3.05, 3.63) is 29.8 Å². The van der Waals surface area contributed by atoms with Crippen molar-refractivity contribution < 1.29 is 14.6 Å². The number of amides is 1. The molecule has 104 valence electrons. The highest BCUT2D eigenvalue weighted by atomic mass is 16.5. The van der Waals surface area contributed by atoms with Crippen LogP contribution in [0.25, 0.3) is 0 Å². The molecule has 19 heavy (non-hydrogen) atoms. The molecule has 0 radical (unpaired) electrons. The van der Waals surface area contributed by atoms with Crippen molar-refractivity contribution in [1.29, 1.82) is 0 Å². The third-order valence-corrected chi connectivity index (χ3v) is 3.79. The summed E-state index contributed by atoms with van der Waals surface area (Å²) in [7, 11) is 1.64. The van der Waals surface area contributed by atoms with Gasteiger partial charge in [0.2, 0.25) is 5.91 Å². The van der Waals surface area contributed by atoms with Crippen LogP contribution in [0.1, 0.15) is 37.7 Å². The molecule has 2 N–H and O–H groups in total. The van der Waals surface area contributed by atoms with E-state index in [1.165, 1.54) is 0 Å². The number of methoxy groups -OCH3 is 1. The highest BCUT2D eigenvalue weighted by Gasteiger charge is 2.39. The molecule has 1 aromatic carbocycles. The van der Waals surface area contributed by atoms with E-state index in [1.54, 1.807) is 7.11 Å². The predicted molar refractivity (Wildman–Crippen MR) is 73.0 cm³/mol. The summed E-state index contributed by atoms with van der Waals surface area (Å²) in [6.45, 7) is 0.0585. The van der Waals surface area contributed by atoms with Crippen LogP contribution in [-0.4, -0.2) is 24.7 Å². The maximum Gasteiger partial charge on any atom is 0.220 e. The minimum atomic E-state index is -0.210. The van der Waals surface area contributed by atoms with Crippen molar-refractivity contribution >= 4 is 5.91 Å². The third-order valence-electron chi connectivity index (χ3n) is 3.79. The molecule has 1 amide bonds. The lowest BCUT2D eigenvalue weighted by Crippen LogP contribution is -2.50. The van der Waals surface area contributed by atoms with E-state index in [1.807, 2.05) is 24.3 Å². The van der Waals surface area contributed by atoms with Crippen molar-refractivity contribution in [2.45, 2.75) is 37.6 Å². The van der Waals surface area contributed by atoms with Crippen molar-refractivity contribution in [2.75, 3.05) is 13.7 Å². The SMILES string of the molecule is COc1ccc(C2(NC(=O)CCCO)CCC2)cc1. The van der Waals surface area contributed by atoms with E-state index in [9.17, 15) is 4.79 Å². The molecule has 0 aliphatic heterocycles. The summed E-state index contributed by atoms with van der Waals surface area (Å²) < 4.78 is 5.15. The molecule has 0 saturated heterocycles. The van der Waals surface area contributed by atoms with E-state index in [2.05, 4.69) is 5.32 Å². The van der Waals surface area contributed by atoms with Gasteiger partial charge in [-0.3, -0.25) is 4.79 Å². The van der Waals surface area contributed by atoms with Gasteiger partial charge in [0, 0.05) is 13.0 Å². The number of carbonyl (C=O) groups excluding carboxylic acids is 1. The zero-order valence-corrected chi connectivity index (χ0v) is 11.3. The van der Waals surface area contributed by atoms with Gasteiger partial charge in [0.15, 0.2) is 0 Å². The number of nitrogens with one attached hydrogen (secondary N) is 1. The third kappa shape index (κ3) is 3.07. The summed E-state index contributed by atoms with van der Waals surface area (Å²) in [6, 6.07) is 7.89. The van der Waals surface area contributed by atoms with E-state index in [4.69, 9.17) is 9.84 Å². The average molecular weight is 263 g/mol. The summed E-state index contributed by atoms with van der Waals surface area (Å²) >= 11 is 0. The van der Waals surface area contributed by atoms with Gasteiger partial charge in [0.05, 0.1) is 12.6 Å². The molecule has 1 aliphatic rings. The molecule has 1 aromatic rings. The summed E-state index contributed by atoms with van der Waals surface area (Å²) in [5.74, 6) is 0.842. The Morgan fingerprint density at radius 1 is 1.37 bits per heavy atom. The maximum atomic E-state index is 11.9. The number of rotatable bonds is 6. The second-order valence-corrected chi connectivity index (χ2v) is 5.04. The van der Waals surface area contributed by atoms with E-state index in [0.717, 1.165) is 30.6 Å². The Hall–Kier alpha value is -1.55. The van der Waals surface area contributed by atoms with Gasteiger partial charge in [-0.2, -0.15) is 0 Å². The molecule has 0 atom stereocenters. The van der Waals surface area contributed by atoms with Crippen LogP contribution in [0.2, 0.25) is 0 Å². The van der Waals surface area contributed by atoms with Gasteiger partial charge in [-0.25, -0.2) is 0 Å². The Labute approximate surface area is 113 Å². The molecule has 1 fully saturated rings. The van der Waals surface area contributed by atoms with Gasteiger partial charge in [-0.15, -0.1) is 0 Å². The fourth-order valence-corrected chi connectivity index (χ4v) is 2.50. The minimum Gasteiger partial charge on any atom is -0.497 e. The smallest absolute Gasteiger partial charge is 0.220 e. The summed E-state index contributed by atoms with van der Waals surface area (Å²) in [5.41, 5.74) is 0.927. The highest BCUT2D eigenvalue weighted by Crippen LogP contribution is 2.41. The molecule has 0 spiro atoms. The van der Waals surface area contributed by atoms with Crippen LogP contribution in [0.15, 0.2) is 24.3 Å². The summed E-state index contributed by atoms with van der Waals surface area (Å²) in [5, 5.41) is 11.9. The quantitative estimate of drug-likeness (QED) is 0.825. The molecule has 4 heteroatoms. The molecule has 2 rings (SSSR count). The first-order valence-electron chi connectivity index (χ1n) is 6.76. The molecule has 0 bridgehead atoms. The fraction of sp³-hybridized carbons (Fsp3) is 0.533. The summed E-state index contributed by atoms with van der Waals surface area (Å²) in [6.07, 6.45) is 3.99. The average Bonchev–Trinajstić information content (AvgIpc) is 2.41. The number of hydrogen-bond acceptors (Lipinski definition) is 3. The standard InChI is InChI=1S/C15H21NO3/c1-19-13-7-5-12(6-8-13)15(9-3-10-15)16-14(18)4-2-11-17/h5-8,17H,2-4,9-11H2,1H3,(H,16,18). The first kappa shape index (κ1) is 13.9. The molecular formula is C15H21NO3. The van der Waals surface area contributed by atoms with Gasteiger partial charge >= 0.3 is 0 Å². The number of aliphatic hydroxyl groups is 1. The zero-order valence-electron chi connectivity index (χ0n) is 11.3. The van der Waals surface area contributed by atoms with Crippen LogP contribution in [0.4, 0.5) is 0 Å². The number of hydrogen-bond donors (Lipinski definition) is 2. The Balaban J connectivity index is 2.06. The van der Waals surface area contributed by atoms with Gasteiger partial charge in [-0.05, 0) is 43.4 Å². The number of carbonyl (C=O) groups is 1. The van der Waals surface area contributed by atoms with Crippen molar-refractivity contribution in [1.82, 2.24) is 5.32 Å². The summed E-state index contributed by atoms with van der Waals surface area (Å²) in [4.78, 5) is 11.9. The largest absolute Gasteiger partial charge is 0.497 e. The normalized spacial score (nSPS) is 16.5. The van der Waals surface area contributed by atoms with E-state index >= 15 is 0 Å². The second-order valence-electron chi connectivity index (χ2n) is 5.04. The van der Waals surface area contributed by atoms with Gasteiger partial charge < -0.3 is 15.2 Å². The van der Waals surface area contributed by atoms with E-state index in [-0.39, 0.29) is 18.1 Å². The second kappa shape index (κ2) is 6.06. The Morgan fingerprint density at radius 3 is 2.53 bits per heavy atom. The fourth-order valence-electron chi connectivity index (χ4n) is 2.50. The van der Waals surface area contributed by atoms with Crippen LogP contribution in [0.5, 0.6) is 5.75 Å². The van der Waals surface area contributed by atoms with Crippen molar-refractivity contribution in [2.24, 2.45) is 0 Å². The molecule has 1 aliphatic carbocycles. The number of benzene rings is 1. The molecule has 4 nitrogen and oxygen atoms in total. The monoisotopic (exact) mass is 263 g/mol. The Bertz CT molecular complexity index is 424. The Morgan fingerprint density at radius 2 is 2.05 bits per heavy atom. The van der Waals surface area contributed by atoms with Crippen LogP contribution >= 0.6 is 0 Å². The Kier molecular flexibility index (Phi) is 4.43. The molecule has 0 aromatic heterocycles.